The molecule has 1 aliphatic carbocycles. The SMILES string of the molecule is CCC1CCCC(N)(Cc2nc(C)c(C)s2)C1. The Bertz CT molecular complexity index is 366. The van der Waals surface area contributed by atoms with E-state index in [-0.39, 0.29) is 5.54 Å². The molecule has 2 N–H and O–H groups in total. The van der Waals surface area contributed by atoms with Crippen molar-refractivity contribution in [3.8, 4) is 0 Å². The Labute approximate surface area is 109 Å². The van der Waals surface area contributed by atoms with Crippen LogP contribution in [0.25, 0.3) is 0 Å². The van der Waals surface area contributed by atoms with Gasteiger partial charge in [-0.25, -0.2) is 4.98 Å². The predicted molar refractivity (Wildman–Crippen MR) is 74.5 cm³/mol. The first-order chi connectivity index (χ1) is 8.02. The van der Waals surface area contributed by atoms with Crippen LogP contribution in [0.4, 0.5) is 0 Å². The Morgan fingerprint density at radius 1 is 1.47 bits per heavy atom. The predicted octanol–water partition coefficient (Wildman–Crippen LogP) is 3.60. The highest BCUT2D eigenvalue weighted by Gasteiger charge is 2.33. The second kappa shape index (κ2) is 5.07. The lowest BCUT2D eigenvalue weighted by Gasteiger charge is -2.37. The molecule has 0 spiro atoms. The molecule has 2 rings (SSSR count). The van der Waals surface area contributed by atoms with Gasteiger partial charge in [0.2, 0.25) is 0 Å². The van der Waals surface area contributed by atoms with Gasteiger partial charge in [-0.05, 0) is 32.6 Å². The van der Waals surface area contributed by atoms with Gasteiger partial charge in [-0.1, -0.05) is 26.2 Å². The van der Waals surface area contributed by atoms with Gasteiger partial charge < -0.3 is 5.73 Å². The first kappa shape index (κ1) is 13.0. The minimum atomic E-state index is 0.00958. The van der Waals surface area contributed by atoms with Crippen LogP contribution in [0.15, 0.2) is 0 Å². The van der Waals surface area contributed by atoms with E-state index in [9.17, 15) is 0 Å². The Balaban J connectivity index is 2.06. The van der Waals surface area contributed by atoms with Crippen molar-refractivity contribution in [1.29, 1.82) is 0 Å². The second-order valence-corrected chi connectivity index (χ2v) is 6.95. The van der Waals surface area contributed by atoms with Crippen molar-refractivity contribution in [3.63, 3.8) is 0 Å². The maximum atomic E-state index is 6.58. The number of nitrogens with two attached hydrogens (primary N) is 1. The molecule has 3 heteroatoms. The summed E-state index contributed by atoms with van der Waals surface area (Å²) in [5, 5.41) is 1.24. The normalized spacial score (nSPS) is 29.5. The molecule has 2 atom stereocenters. The molecule has 2 unspecified atom stereocenters. The Morgan fingerprint density at radius 2 is 2.24 bits per heavy atom. The standard InChI is InChI=1S/C14H24N2S/c1-4-12-6-5-7-14(15,8-12)9-13-16-10(2)11(3)17-13/h12H,4-9,15H2,1-3H3. The van der Waals surface area contributed by atoms with Crippen molar-refractivity contribution in [3.05, 3.63) is 15.6 Å². The fraction of sp³-hybridized carbons (Fsp3) is 0.786. The van der Waals surface area contributed by atoms with Gasteiger partial charge in [-0.15, -0.1) is 11.3 Å². The molecule has 1 fully saturated rings. The molecule has 96 valence electrons. The Hall–Kier alpha value is -0.410. The molecule has 0 aliphatic heterocycles. The van der Waals surface area contributed by atoms with E-state index in [0.717, 1.165) is 12.3 Å². The molecule has 1 heterocycles. The van der Waals surface area contributed by atoms with Crippen molar-refractivity contribution in [1.82, 2.24) is 4.98 Å². The monoisotopic (exact) mass is 252 g/mol. The number of hydrogen-bond donors (Lipinski definition) is 1. The van der Waals surface area contributed by atoms with Crippen LogP contribution < -0.4 is 5.73 Å². The van der Waals surface area contributed by atoms with E-state index in [4.69, 9.17) is 5.73 Å². The summed E-state index contributed by atoms with van der Waals surface area (Å²) < 4.78 is 0. The van der Waals surface area contributed by atoms with Crippen molar-refractivity contribution in [2.75, 3.05) is 0 Å². The maximum absolute atomic E-state index is 6.58. The highest BCUT2D eigenvalue weighted by Crippen LogP contribution is 2.35. The van der Waals surface area contributed by atoms with Gasteiger partial charge in [-0.3, -0.25) is 0 Å². The molecule has 0 amide bonds. The van der Waals surface area contributed by atoms with E-state index in [0.29, 0.717) is 0 Å². The maximum Gasteiger partial charge on any atom is 0.0949 e. The average molecular weight is 252 g/mol. The molecule has 1 aliphatic rings. The number of aromatic nitrogens is 1. The highest BCUT2D eigenvalue weighted by molar-refractivity contribution is 7.11. The number of aryl methyl sites for hydroxylation is 2. The lowest BCUT2D eigenvalue weighted by atomic mass is 9.74. The van der Waals surface area contributed by atoms with E-state index in [1.807, 2.05) is 11.3 Å². The number of nitrogens with zero attached hydrogens (tertiary/aromatic N) is 1. The molecule has 0 radical (unpaired) electrons. The van der Waals surface area contributed by atoms with E-state index in [1.54, 1.807) is 0 Å². The largest absolute Gasteiger partial charge is 0.325 e. The van der Waals surface area contributed by atoms with Gasteiger partial charge >= 0.3 is 0 Å². The summed E-state index contributed by atoms with van der Waals surface area (Å²) in [6.45, 7) is 6.53. The van der Waals surface area contributed by atoms with Crippen LogP contribution in [0.5, 0.6) is 0 Å². The summed E-state index contributed by atoms with van der Waals surface area (Å²) in [6, 6.07) is 0. The van der Waals surface area contributed by atoms with Gasteiger partial charge in [0.1, 0.15) is 0 Å². The van der Waals surface area contributed by atoms with Gasteiger partial charge in [0.05, 0.1) is 10.7 Å². The van der Waals surface area contributed by atoms with Crippen LogP contribution in [0, 0.1) is 19.8 Å². The smallest absolute Gasteiger partial charge is 0.0949 e. The van der Waals surface area contributed by atoms with Crippen LogP contribution in [-0.2, 0) is 6.42 Å². The van der Waals surface area contributed by atoms with Crippen LogP contribution in [0.3, 0.4) is 0 Å². The molecule has 17 heavy (non-hydrogen) atoms. The van der Waals surface area contributed by atoms with Crippen molar-refractivity contribution in [2.24, 2.45) is 11.7 Å². The molecule has 2 nitrogen and oxygen atoms in total. The summed E-state index contributed by atoms with van der Waals surface area (Å²) >= 11 is 1.82. The fourth-order valence-corrected chi connectivity index (χ4v) is 4.04. The topological polar surface area (TPSA) is 38.9 Å². The second-order valence-electron chi connectivity index (χ2n) is 5.66. The molecule has 0 bridgehead atoms. The molecule has 0 saturated heterocycles. The summed E-state index contributed by atoms with van der Waals surface area (Å²) in [5.41, 5.74) is 7.77. The lowest BCUT2D eigenvalue weighted by molar-refractivity contribution is 0.218. The van der Waals surface area contributed by atoms with Crippen LogP contribution >= 0.6 is 11.3 Å². The van der Waals surface area contributed by atoms with Crippen LogP contribution in [0.2, 0.25) is 0 Å². The van der Waals surface area contributed by atoms with Crippen molar-refractivity contribution >= 4 is 11.3 Å². The molecule has 1 aromatic heterocycles. The van der Waals surface area contributed by atoms with Gasteiger partial charge in [-0.2, -0.15) is 0 Å². The molecule has 0 aromatic carbocycles. The summed E-state index contributed by atoms with van der Waals surface area (Å²) in [6.07, 6.45) is 7.25. The molecule has 1 saturated carbocycles. The Kier molecular flexibility index (Phi) is 3.88. The number of rotatable bonds is 3. The van der Waals surface area contributed by atoms with E-state index < -0.39 is 0 Å². The molecular formula is C14H24N2S. The zero-order valence-corrected chi connectivity index (χ0v) is 12.1. The van der Waals surface area contributed by atoms with Gasteiger partial charge in [0, 0.05) is 16.8 Å². The first-order valence-electron chi connectivity index (χ1n) is 6.74. The zero-order valence-electron chi connectivity index (χ0n) is 11.3. The highest BCUT2D eigenvalue weighted by atomic mass is 32.1. The minimum Gasteiger partial charge on any atom is -0.325 e. The van der Waals surface area contributed by atoms with Gasteiger partial charge in [0.25, 0.3) is 0 Å². The van der Waals surface area contributed by atoms with Crippen LogP contribution in [-0.4, -0.2) is 10.5 Å². The third-order valence-corrected chi connectivity index (χ3v) is 5.21. The summed E-state index contributed by atoms with van der Waals surface area (Å²) in [7, 11) is 0. The third kappa shape index (κ3) is 3.08. The number of hydrogen-bond acceptors (Lipinski definition) is 3. The minimum absolute atomic E-state index is 0.00958. The van der Waals surface area contributed by atoms with E-state index in [1.165, 1.54) is 47.7 Å². The average Bonchev–Trinajstić information content (AvgIpc) is 2.57. The van der Waals surface area contributed by atoms with E-state index >= 15 is 0 Å². The summed E-state index contributed by atoms with van der Waals surface area (Å²) in [5.74, 6) is 0.830. The van der Waals surface area contributed by atoms with Crippen molar-refractivity contribution in [2.45, 2.75) is 64.8 Å². The number of thiazole rings is 1. The molecule has 1 aromatic rings. The zero-order chi connectivity index (χ0) is 12.5. The quantitative estimate of drug-likeness (QED) is 0.892. The summed E-state index contributed by atoms with van der Waals surface area (Å²) in [4.78, 5) is 5.98. The lowest BCUT2D eigenvalue weighted by Crippen LogP contribution is -2.46. The molecular weight excluding hydrogens is 228 g/mol. The first-order valence-corrected chi connectivity index (χ1v) is 7.56. The van der Waals surface area contributed by atoms with Gasteiger partial charge in [0.15, 0.2) is 0 Å². The van der Waals surface area contributed by atoms with Crippen LogP contribution in [0.1, 0.15) is 54.6 Å². The Morgan fingerprint density at radius 3 is 2.82 bits per heavy atom. The third-order valence-electron chi connectivity index (χ3n) is 4.14. The fourth-order valence-electron chi connectivity index (χ4n) is 2.95. The van der Waals surface area contributed by atoms with Crippen molar-refractivity contribution < 1.29 is 0 Å². The van der Waals surface area contributed by atoms with E-state index in [2.05, 4.69) is 25.8 Å².